The Bertz CT molecular complexity index is 555. The molecule has 1 aromatic heterocycles. The molecular formula is C14H12ClNO2. The molecule has 1 heterocycles. The zero-order valence-corrected chi connectivity index (χ0v) is 10.6. The van der Waals surface area contributed by atoms with Gasteiger partial charge in [-0.3, -0.25) is 4.98 Å². The van der Waals surface area contributed by atoms with Crippen LogP contribution in [0.25, 0.3) is 11.3 Å². The number of hydrogen-bond acceptors (Lipinski definition) is 3. The summed E-state index contributed by atoms with van der Waals surface area (Å²) in [5.41, 5.74) is 1.93. The minimum Gasteiger partial charge on any atom is -0.462 e. The number of nitrogens with zero attached hydrogens (tertiary/aromatic N) is 1. The average molecular weight is 262 g/mol. The van der Waals surface area contributed by atoms with E-state index in [0.717, 1.165) is 11.3 Å². The molecule has 0 N–H and O–H groups in total. The molecule has 3 nitrogen and oxygen atoms in total. The zero-order valence-electron chi connectivity index (χ0n) is 9.89. The first-order chi connectivity index (χ1) is 8.72. The van der Waals surface area contributed by atoms with E-state index < -0.39 is 0 Å². The number of pyridine rings is 1. The summed E-state index contributed by atoms with van der Waals surface area (Å²) in [6.45, 7) is 2.12. The molecule has 2 rings (SSSR count). The van der Waals surface area contributed by atoms with Crippen molar-refractivity contribution in [3.05, 3.63) is 53.2 Å². The van der Waals surface area contributed by atoms with Crippen molar-refractivity contribution < 1.29 is 9.53 Å². The summed E-state index contributed by atoms with van der Waals surface area (Å²) in [7, 11) is 0. The first kappa shape index (κ1) is 12.6. The lowest BCUT2D eigenvalue weighted by atomic mass is 10.1. The molecule has 0 unspecified atom stereocenters. The van der Waals surface area contributed by atoms with Crippen molar-refractivity contribution in [2.45, 2.75) is 6.92 Å². The highest BCUT2D eigenvalue weighted by Gasteiger charge is 2.11. The normalized spacial score (nSPS) is 10.1. The molecular weight excluding hydrogens is 250 g/mol. The predicted octanol–water partition coefficient (Wildman–Crippen LogP) is 3.58. The molecule has 0 bridgehead atoms. The van der Waals surface area contributed by atoms with Gasteiger partial charge in [-0.25, -0.2) is 4.79 Å². The summed E-state index contributed by atoms with van der Waals surface area (Å²) in [6.07, 6.45) is 1.68. The number of hydrogen-bond donors (Lipinski definition) is 0. The summed E-state index contributed by atoms with van der Waals surface area (Å²) in [6, 6.07) is 10.6. The third kappa shape index (κ3) is 2.68. The van der Waals surface area contributed by atoms with E-state index in [0.29, 0.717) is 17.2 Å². The fourth-order valence-corrected chi connectivity index (χ4v) is 1.80. The third-order valence-corrected chi connectivity index (χ3v) is 2.75. The topological polar surface area (TPSA) is 39.2 Å². The maximum Gasteiger partial charge on any atom is 0.338 e. The predicted molar refractivity (Wildman–Crippen MR) is 70.6 cm³/mol. The second-order valence-corrected chi connectivity index (χ2v) is 4.04. The van der Waals surface area contributed by atoms with Gasteiger partial charge in [-0.15, -0.1) is 0 Å². The summed E-state index contributed by atoms with van der Waals surface area (Å²) in [4.78, 5) is 15.9. The molecule has 18 heavy (non-hydrogen) atoms. The highest BCUT2D eigenvalue weighted by Crippen LogP contribution is 2.27. The number of aromatic nitrogens is 1. The van der Waals surface area contributed by atoms with E-state index in [1.165, 1.54) is 0 Å². The molecule has 0 aliphatic carbocycles. The van der Waals surface area contributed by atoms with Gasteiger partial charge in [-0.2, -0.15) is 0 Å². The van der Waals surface area contributed by atoms with Crippen molar-refractivity contribution >= 4 is 17.6 Å². The van der Waals surface area contributed by atoms with Gasteiger partial charge in [0.25, 0.3) is 0 Å². The Hall–Kier alpha value is -1.87. The van der Waals surface area contributed by atoms with Crippen LogP contribution in [0.3, 0.4) is 0 Å². The van der Waals surface area contributed by atoms with Crippen LogP contribution in [0.2, 0.25) is 5.02 Å². The van der Waals surface area contributed by atoms with Crippen LogP contribution in [0, 0.1) is 0 Å². The smallest absolute Gasteiger partial charge is 0.338 e. The maximum absolute atomic E-state index is 11.7. The third-order valence-electron chi connectivity index (χ3n) is 2.42. The van der Waals surface area contributed by atoms with Crippen LogP contribution in [0.1, 0.15) is 17.3 Å². The van der Waals surface area contributed by atoms with Gasteiger partial charge in [0.1, 0.15) is 0 Å². The van der Waals surface area contributed by atoms with E-state index in [2.05, 4.69) is 4.98 Å². The molecule has 0 saturated carbocycles. The standard InChI is InChI=1S/C14H12ClNO2/c1-2-18-14(17)10-6-7-12(15)11(9-10)13-5-3-4-8-16-13/h3-9H,2H2,1H3. The van der Waals surface area contributed by atoms with Gasteiger partial charge in [0.2, 0.25) is 0 Å². The van der Waals surface area contributed by atoms with E-state index >= 15 is 0 Å². The molecule has 0 fully saturated rings. The Labute approximate surface area is 110 Å². The van der Waals surface area contributed by atoms with Gasteiger partial charge in [0.15, 0.2) is 0 Å². The monoisotopic (exact) mass is 261 g/mol. The molecule has 92 valence electrons. The van der Waals surface area contributed by atoms with Crippen LogP contribution in [-0.2, 0) is 4.74 Å². The summed E-state index contributed by atoms with van der Waals surface area (Å²) < 4.78 is 4.96. The van der Waals surface area contributed by atoms with E-state index in [-0.39, 0.29) is 5.97 Å². The van der Waals surface area contributed by atoms with Crippen molar-refractivity contribution in [1.82, 2.24) is 4.98 Å². The lowest BCUT2D eigenvalue weighted by Crippen LogP contribution is -2.04. The number of benzene rings is 1. The number of esters is 1. The Morgan fingerprint density at radius 1 is 1.33 bits per heavy atom. The van der Waals surface area contributed by atoms with E-state index in [4.69, 9.17) is 16.3 Å². The van der Waals surface area contributed by atoms with Crippen LogP contribution < -0.4 is 0 Å². The van der Waals surface area contributed by atoms with Crippen LogP contribution >= 0.6 is 11.6 Å². The first-order valence-electron chi connectivity index (χ1n) is 5.60. The van der Waals surface area contributed by atoms with Crippen molar-refractivity contribution in [2.75, 3.05) is 6.61 Å². The van der Waals surface area contributed by atoms with Crippen LogP contribution in [-0.4, -0.2) is 17.6 Å². The van der Waals surface area contributed by atoms with Crippen molar-refractivity contribution in [3.63, 3.8) is 0 Å². The Balaban J connectivity index is 2.42. The van der Waals surface area contributed by atoms with Gasteiger partial charge >= 0.3 is 5.97 Å². The molecule has 0 radical (unpaired) electrons. The Morgan fingerprint density at radius 2 is 2.17 bits per heavy atom. The Morgan fingerprint density at radius 3 is 2.83 bits per heavy atom. The van der Waals surface area contributed by atoms with E-state index in [1.54, 1.807) is 31.3 Å². The molecule has 4 heteroatoms. The van der Waals surface area contributed by atoms with E-state index in [9.17, 15) is 4.79 Å². The molecule has 2 aromatic rings. The van der Waals surface area contributed by atoms with Crippen LogP contribution in [0.15, 0.2) is 42.6 Å². The van der Waals surface area contributed by atoms with E-state index in [1.807, 2.05) is 18.2 Å². The van der Waals surface area contributed by atoms with Gasteiger partial charge in [0.05, 0.1) is 22.9 Å². The quantitative estimate of drug-likeness (QED) is 0.793. The highest BCUT2D eigenvalue weighted by atomic mass is 35.5. The van der Waals surface area contributed by atoms with Crippen molar-refractivity contribution in [3.8, 4) is 11.3 Å². The minimum absolute atomic E-state index is 0.348. The van der Waals surface area contributed by atoms with Crippen LogP contribution in [0.4, 0.5) is 0 Å². The molecule has 0 atom stereocenters. The summed E-state index contributed by atoms with van der Waals surface area (Å²) in [5, 5.41) is 0.557. The second kappa shape index (κ2) is 5.65. The zero-order chi connectivity index (χ0) is 13.0. The molecule has 0 aliphatic heterocycles. The number of halogens is 1. The fourth-order valence-electron chi connectivity index (χ4n) is 1.59. The van der Waals surface area contributed by atoms with Gasteiger partial charge in [-0.1, -0.05) is 17.7 Å². The lowest BCUT2D eigenvalue weighted by molar-refractivity contribution is 0.0526. The van der Waals surface area contributed by atoms with Crippen molar-refractivity contribution in [1.29, 1.82) is 0 Å². The second-order valence-electron chi connectivity index (χ2n) is 3.63. The fraction of sp³-hybridized carbons (Fsp3) is 0.143. The summed E-state index contributed by atoms with van der Waals surface area (Å²) in [5.74, 6) is -0.355. The number of carbonyl (C=O) groups is 1. The molecule has 1 aromatic carbocycles. The molecule has 0 aliphatic rings. The molecule has 0 spiro atoms. The molecule has 0 amide bonds. The number of rotatable bonds is 3. The lowest BCUT2D eigenvalue weighted by Gasteiger charge is -2.06. The number of carbonyl (C=O) groups excluding carboxylic acids is 1. The summed E-state index contributed by atoms with van der Waals surface area (Å²) >= 11 is 6.12. The number of ether oxygens (including phenoxy) is 1. The first-order valence-corrected chi connectivity index (χ1v) is 5.98. The highest BCUT2D eigenvalue weighted by molar-refractivity contribution is 6.33. The largest absolute Gasteiger partial charge is 0.462 e. The van der Waals surface area contributed by atoms with Gasteiger partial charge in [-0.05, 0) is 37.3 Å². The van der Waals surface area contributed by atoms with Crippen LogP contribution in [0.5, 0.6) is 0 Å². The van der Waals surface area contributed by atoms with Gasteiger partial charge < -0.3 is 4.74 Å². The van der Waals surface area contributed by atoms with Crippen molar-refractivity contribution in [2.24, 2.45) is 0 Å². The SMILES string of the molecule is CCOC(=O)c1ccc(Cl)c(-c2ccccn2)c1. The average Bonchev–Trinajstić information content (AvgIpc) is 2.40. The minimum atomic E-state index is -0.355. The molecule has 0 saturated heterocycles. The Kier molecular flexibility index (Phi) is 3.95. The van der Waals surface area contributed by atoms with Gasteiger partial charge in [0, 0.05) is 11.8 Å². The maximum atomic E-state index is 11.7.